The summed E-state index contributed by atoms with van der Waals surface area (Å²) in [6.07, 6.45) is -8.47. The van der Waals surface area contributed by atoms with Crippen molar-refractivity contribution in [2.45, 2.75) is 206 Å². The van der Waals surface area contributed by atoms with Gasteiger partial charge in [0, 0.05) is 94.8 Å². The zero-order valence-electron chi connectivity index (χ0n) is 53.1. The molecule has 13 atom stereocenters. The fourth-order valence-electron chi connectivity index (χ4n) is 10.8. The lowest BCUT2D eigenvalue weighted by atomic mass is 9.85. The number of carbonyl (C=O) groups is 11. The van der Waals surface area contributed by atoms with E-state index in [9.17, 15) is 68.1 Å². The molecule has 500 valence electrons. The second kappa shape index (κ2) is 33.5. The number of methoxy groups -OCH3 is 1. The van der Waals surface area contributed by atoms with Crippen LogP contribution in [0.15, 0.2) is 54.6 Å². The molecular weight excluding hydrogens is 1210 g/mol. The number of imide groups is 1. The average Bonchev–Trinajstić information content (AvgIpc) is 1.68. The molecule has 2 aromatic rings. The van der Waals surface area contributed by atoms with E-state index < -0.39 is 150 Å². The molecule has 4 aliphatic heterocycles. The SMILES string of the molecule is CO[C@@H]1O[C@H](CNC(=O)CC[C@H](CC(=O)[C@@H](NC(=O)CCCC(=O)ON2C(=O)CCC2=O)C(C)C)C(=O)CCc2ccc([C@H]3O[C@@H]3[C@@H](C)[C@@H]3C/C=C/C(=O)N[C@H](Cc4ccc(C)c(Cl)c4)C(=O)NCC(C)(C)C(=O)O[C@@H](CC(C)C)C(=O)O3)cc2)[C@@H](O)[C@H](O)[C@H]1O. The number of ether oxygens (including phenoxy) is 5. The third kappa shape index (κ3) is 21.3. The Hall–Kier alpha value is -7.00. The highest BCUT2D eigenvalue weighted by molar-refractivity contribution is 6.31. The molecule has 25 nitrogen and oxygen atoms in total. The number of nitrogens with one attached hydrogen (secondary N) is 4. The number of hydroxylamine groups is 2. The fraction of sp³-hybridized carbons (Fsp3) is 0.615. The standard InChI is InChI=1S/C65H88ClN5O20/c1-34(2)28-47-62(84)87-46(12-10-13-50(75)69-43(30-39-17-16-36(5)42(66)29-39)61(83)68-33-65(7,8)64(85)89-47)37(6)59-60(90-59)40-21-18-38(19-22-40)20-24-44(72)41(23-25-49(74)67-32-48-56(80)57(81)58(82)63(86-9)88-48)31-45(73)55(35(3)4)70-51(76)14-11-15-54(79)91-71-52(77)26-27-53(71)78/h10,13,16-19,21-22,29,34-35,37,41,43,46-48,55-60,63,80-82H,11-12,14-15,20,23-28,30-33H2,1-9H3,(H,67,74)(H,68,83)(H,69,75)(H,70,76)/b13-10+/t37-,41+,43+,46-,47-,48+,55-,56+,57-,58+,59+,60+,63+/m0/s1. The molecule has 91 heavy (non-hydrogen) atoms. The first-order valence-corrected chi connectivity index (χ1v) is 31.4. The number of epoxide rings is 1. The number of cyclic esters (lactones) is 2. The molecule has 3 fully saturated rings. The van der Waals surface area contributed by atoms with Crippen molar-refractivity contribution in [3.05, 3.63) is 81.9 Å². The van der Waals surface area contributed by atoms with Crippen LogP contribution in [0.4, 0.5) is 0 Å². The number of ketones is 2. The largest absolute Gasteiger partial charge is 0.459 e. The van der Waals surface area contributed by atoms with Crippen LogP contribution in [0.1, 0.15) is 147 Å². The Morgan fingerprint density at radius 1 is 0.824 bits per heavy atom. The fourth-order valence-corrected chi connectivity index (χ4v) is 11.0. The van der Waals surface area contributed by atoms with Gasteiger partial charge in [-0.1, -0.05) is 88.7 Å². The van der Waals surface area contributed by atoms with Crippen molar-refractivity contribution in [1.82, 2.24) is 26.3 Å². The van der Waals surface area contributed by atoms with E-state index in [0.29, 0.717) is 15.6 Å². The summed E-state index contributed by atoms with van der Waals surface area (Å²) in [5.74, 6) is -8.86. The van der Waals surface area contributed by atoms with Crippen LogP contribution in [0, 0.1) is 36.0 Å². The number of hydrogen-bond donors (Lipinski definition) is 7. The highest BCUT2D eigenvalue weighted by Gasteiger charge is 2.49. The van der Waals surface area contributed by atoms with Gasteiger partial charge in [0.15, 0.2) is 18.2 Å². The Labute approximate surface area is 534 Å². The predicted molar refractivity (Wildman–Crippen MR) is 325 cm³/mol. The smallest absolute Gasteiger partial charge is 0.347 e. The Bertz CT molecular complexity index is 2970. The maximum absolute atomic E-state index is 14.2. The van der Waals surface area contributed by atoms with Crippen LogP contribution in [-0.2, 0) is 94.1 Å². The minimum atomic E-state index is -1.63. The molecule has 0 spiro atoms. The number of Topliss-reactive ketones (excluding diaryl/α,β-unsaturated/α-hetero) is 2. The second-order valence-electron chi connectivity index (χ2n) is 25.3. The Morgan fingerprint density at radius 3 is 2.15 bits per heavy atom. The number of hydrogen-bond acceptors (Lipinski definition) is 20. The summed E-state index contributed by atoms with van der Waals surface area (Å²) in [7, 11) is 1.23. The third-order valence-electron chi connectivity index (χ3n) is 16.6. The average molecular weight is 1290 g/mol. The summed E-state index contributed by atoms with van der Waals surface area (Å²) >= 11 is 6.40. The number of halogens is 1. The summed E-state index contributed by atoms with van der Waals surface area (Å²) in [6.45, 7) is 13.5. The van der Waals surface area contributed by atoms with E-state index in [1.54, 1.807) is 39.8 Å². The molecule has 2 aromatic carbocycles. The maximum Gasteiger partial charge on any atom is 0.347 e. The summed E-state index contributed by atoms with van der Waals surface area (Å²) < 4.78 is 28.9. The van der Waals surface area contributed by atoms with Crippen LogP contribution in [0.2, 0.25) is 5.02 Å². The molecule has 0 aromatic heterocycles. The van der Waals surface area contributed by atoms with E-state index in [-0.39, 0.29) is 108 Å². The lowest BCUT2D eigenvalue weighted by molar-refractivity contribution is -0.288. The van der Waals surface area contributed by atoms with Gasteiger partial charge in [-0.2, -0.15) is 0 Å². The molecule has 6 rings (SSSR count). The van der Waals surface area contributed by atoms with Gasteiger partial charge in [-0.15, -0.1) is 5.06 Å². The van der Waals surface area contributed by atoms with Gasteiger partial charge < -0.3 is 65.1 Å². The molecule has 6 amide bonds. The number of esters is 2. The predicted octanol–water partition coefficient (Wildman–Crippen LogP) is 3.77. The Morgan fingerprint density at radius 2 is 1.51 bits per heavy atom. The van der Waals surface area contributed by atoms with Gasteiger partial charge in [0.05, 0.1) is 17.6 Å². The number of aliphatic hydroxyl groups excluding tert-OH is 3. The van der Waals surface area contributed by atoms with E-state index in [1.807, 2.05) is 64.1 Å². The van der Waals surface area contributed by atoms with Crippen LogP contribution < -0.4 is 21.3 Å². The molecule has 4 heterocycles. The number of amides is 6. The van der Waals surface area contributed by atoms with Crippen LogP contribution in [0.3, 0.4) is 0 Å². The number of rotatable bonds is 27. The Balaban J connectivity index is 1.12. The maximum atomic E-state index is 14.2. The summed E-state index contributed by atoms with van der Waals surface area (Å²) in [4.78, 5) is 151. The van der Waals surface area contributed by atoms with Crippen LogP contribution in [-0.4, -0.2) is 167 Å². The molecule has 26 heteroatoms. The van der Waals surface area contributed by atoms with Crippen molar-refractivity contribution >= 4 is 76.5 Å². The van der Waals surface area contributed by atoms with Gasteiger partial charge in [-0.05, 0) is 92.7 Å². The molecule has 3 saturated heterocycles. The molecule has 0 bridgehead atoms. The van der Waals surface area contributed by atoms with Gasteiger partial charge >= 0.3 is 17.9 Å². The first-order valence-electron chi connectivity index (χ1n) is 31.0. The van der Waals surface area contributed by atoms with E-state index in [2.05, 4.69) is 21.3 Å². The Kier molecular flexibility index (Phi) is 26.9. The van der Waals surface area contributed by atoms with Crippen molar-refractivity contribution in [3.63, 3.8) is 0 Å². The van der Waals surface area contributed by atoms with Crippen molar-refractivity contribution in [3.8, 4) is 0 Å². The minimum Gasteiger partial charge on any atom is -0.459 e. The monoisotopic (exact) mass is 1290 g/mol. The zero-order chi connectivity index (χ0) is 67.0. The molecular formula is C65H88ClN5O20. The third-order valence-corrected chi connectivity index (χ3v) is 17.0. The van der Waals surface area contributed by atoms with Crippen molar-refractivity contribution in [1.29, 1.82) is 0 Å². The van der Waals surface area contributed by atoms with Crippen LogP contribution in [0.25, 0.3) is 0 Å². The van der Waals surface area contributed by atoms with Crippen LogP contribution >= 0.6 is 11.6 Å². The van der Waals surface area contributed by atoms with Gasteiger partial charge in [0.1, 0.15) is 48.4 Å². The van der Waals surface area contributed by atoms with Gasteiger partial charge in [0.2, 0.25) is 23.6 Å². The van der Waals surface area contributed by atoms with E-state index in [4.69, 9.17) is 40.1 Å². The van der Waals surface area contributed by atoms with E-state index in [0.717, 1.165) is 16.7 Å². The number of benzene rings is 2. The minimum absolute atomic E-state index is 0.0329. The topological polar surface area (TPSA) is 359 Å². The highest BCUT2D eigenvalue weighted by atomic mass is 35.5. The normalized spacial score (nSPS) is 26.2. The first kappa shape index (κ1) is 73.1. The van der Waals surface area contributed by atoms with E-state index in [1.165, 1.54) is 13.2 Å². The number of aryl methyl sites for hydroxylation is 2. The first-order chi connectivity index (χ1) is 43.0. The molecule has 4 aliphatic rings. The van der Waals surface area contributed by atoms with Gasteiger partial charge in [-0.25, -0.2) is 9.59 Å². The lowest BCUT2D eigenvalue weighted by Gasteiger charge is -2.39. The van der Waals surface area contributed by atoms with Gasteiger partial charge in [-0.3, -0.25) is 43.2 Å². The van der Waals surface area contributed by atoms with Crippen LogP contribution in [0.5, 0.6) is 0 Å². The summed E-state index contributed by atoms with van der Waals surface area (Å²) in [5.41, 5.74) is 1.75. The number of aliphatic hydroxyl groups is 3. The number of nitrogens with zero attached hydrogens (tertiary/aromatic N) is 1. The summed E-state index contributed by atoms with van der Waals surface area (Å²) in [6, 6.07) is 10.5. The second-order valence-corrected chi connectivity index (χ2v) is 25.7. The van der Waals surface area contributed by atoms with Crippen molar-refractivity contribution in [2.24, 2.45) is 29.1 Å². The molecule has 0 unspecified atom stereocenters. The summed E-state index contributed by atoms with van der Waals surface area (Å²) in [5, 5.41) is 42.8. The van der Waals surface area contributed by atoms with Crippen molar-refractivity contribution in [2.75, 3.05) is 20.2 Å². The molecule has 0 saturated carbocycles. The lowest BCUT2D eigenvalue weighted by Crippen LogP contribution is -2.60. The molecule has 0 aliphatic carbocycles. The zero-order valence-corrected chi connectivity index (χ0v) is 53.8. The van der Waals surface area contributed by atoms with Crippen molar-refractivity contribution < 1.29 is 96.6 Å². The molecule has 7 N–H and O–H groups in total. The highest BCUT2D eigenvalue weighted by Crippen LogP contribution is 2.45. The van der Waals surface area contributed by atoms with Gasteiger partial charge in [0.25, 0.3) is 11.8 Å². The van der Waals surface area contributed by atoms with E-state index >= 15 is 0 Å². The quantitative estimate of drug-likeness (QED) is 0.0380. The number of carbonyl (C=O) groups excluding carboxylic acids is 11. The molecule has 0 radical (unpaired) electrons.